The first kappa shape index (κ1) is 18.3. The van der Waals surface area contributed by atoms with Gasteiger partial charge in [-0.25, -0.2) is 0 Å². The average molecular weight is 374 g/mol. The van der Waals surface area contributed by atoms with Crippen molar-refractivity contribution in [1.82, 2.24) is 10.2 Å². The Balaban J connectivity index is 1.42. The number of hydrogen-bond donors (Lipinski definition) is 1. The summed E-state index contributed by atoms with van der Waals surface area (Å²) >= 11 is 1.42. The van der Waals surface area contributed by atoms with Gasteiger partial charge in [0.15, 0.2) is 11.5 Å². The van der Waals surface area contributed by atoms with Crippen LogP contribution in [-0.2, 0) is 11.2 Å². The molecule has 6 nitrogen and oxygen atoms in total. The molecule has 138 valence electrons. The number of nitrogens with zero attached hydrogens (tertiary/aromatic N) is 1. The van der Waals surface area contributed by atoms with Crippen LogP contribution >= 0.6 is 11.3 Å². The van der Waals surface area contributed by atoms with Crippen molar-refractivity contribution in [2.24, 2.45) is 5.92 Å². The Labute approximate surface area is 156 Å². The minimum atomic E-state index is -0.121. The number of methoxy groups -OCH3 is 2. The fraction of sp³-hybridized carbons (Fsp3) is 0.368. The van der Waals surface area contributed by atoms with Gasteiger partial charge < -0.3 is 19.7 Å². The first-order chi connectivity index (χ1) is 12.6. The van der Waals surface area contributed by atoms with Crippen LogP contribution < -0.4 is 14.8 Å². The molecular formula is C19H22N2O4S. The lowest BCUT2D eigenvalue weighted by Crippen LogP contribution is -2.55. The molecule has 3 rings (SSSR count). The Morgan fingerprint density at radius 3 is 2.62 bits per heavy atom. The maximum absolute atomic E-state index is 12.2. The molecule has 0 radical (unpaired) electrons. The van der Waals surface area contributed by atoms with Crippen molar-refractivity contribution < 1.29 is 19.1 Å². The molecular weight excluding hydrogens is 352 g/mol. The zero-order valence-electron chi connectivity index (χ0n) is 14.9. The zero-order chi connectivity index (χ0) is 18.5. The Morgan fingerprint density at radius 2 is 1.96 bits per heavy atom. The van der Waals surface area contributed by atoms with E-state index < -0.39 is 0 Å². The summed E-state index contributed by atoms with van der Waals surface area (Å²) in [5.74, 6) is 1.25. The van der Waals surface area contributed by atoms with Crippen LogP contribution in [0.15, 0.2) is 35.7 Å². The lowest BCUT2D eigenvalue weighted by Gasteiger charge is -2.37. The third kappa shape index (κ3) is 3.99. The van der Waals surface area contributed by atoms with Gasteiger partial charge in [0.05, 0.1) is 25.0 Å². The number of amides is 2. The molecule has 1 saturated heterocycles. The second-order valence-electron chi connectivity index (χ2n) is 6.11. The first-order valence-electron chi connectivity index (χ1n) is 8.43. The van der Waals surface area contributed by atoms with E-state index in [0.29, 0.717) is 37.6 Å². The number of rotatable bonds is 7. The predicted molar refractivity (Wildman–Crippen MR) is 100.0 cm³/mol. The van der Waals surface area contributed by atoms with Crippen molar-refractivity contribution in [2.45, 2.75) is 6.42 Å². The SMILES string of the molecule is COc1ccc(CCNC(=O)C2CN(C(=O)c3cccs3)C2)cc1OC. The molecule has 26 heavy (non-hydrogen) atoms. The average Bonchev–Trinajstić information content (AvgIpc) is 3.15. The van der Waals surface area contributed by atoms with E-state index in [9.17, 15) is 9.59 Å². The smallest absolute Gasteiger partial charge is 0.263 e. The van der Waals surface area contributed by atoms with Gasteiger partial charge in [0.1, 0.15) is 0 Å². The topological polar surface area (TPSA) is 67.9 Å². The third-order valence-corrected chi connectivity index (χ3v) is 5.29. The fourth-order valence-electron chi connectivity index (χ4n) is 2.88. The summed E-state index contributed by atoms with van der Waals surface area (Å²) in [5, 5.41) is 4.83. The van der Waals surface area contributed by atoms with Crippen molar-refractivity contribution in [1.29, 1.82) is 0 Å². The highest BCUT2D eigenvalue weighted by Crippen LogP contribution is 2.27. The van der Waals surface area contributed by atoms with E-state index in [0.717, 1.165) is 10.4 Å². The second-order valence-corrected chi connectivity index (χ2v) is 7.06. The van der Waals surface area contributed by atoms with Crippen LogP contribution in [0.5, 0.6) is 11.5 Å². The van der Waals surface area contributed by atoms with Crippen molar-refractivity contribution in [3.63, 3.8) is 0 Å². The van der Waals surface area contributed by atoms with Gasteiger partial charge in [-0.15, -0.1) is 11.3 Å². The van der Waals surface area contributed by atoms with Crippen LogP contribution in [-0.4, -0.2) is 50.6 Å². The molecule has 0 saturated carbocycles. The van der Waals surface area contributed by atoms with Gasteiger partial charge in [-0.1, -0.05) is 12.1 Å². The maximum Gasteiger partial charge on any atom is 0.263 e. The highest BCUT2D eigenvalue weighted by molar-refractivity contribution is 7.12. The summed E-state index contributed by atoms with van der Waals surface area (Å²) in [6.45, 7) is 1.52. The van der Waals surface area contributed by atoms with Gasteiger partial charge in [0, 0.05) is 19.6 Å². The summed E-state index contributed by atoms with van der Waals surface area (Å²) in [6.07, 6.45) is 0.705. The van der Waals surface area contributed by atoms with Gasteiger partial charge in [0.2, 0.25) is 5.91 Å². The third-order valence-electron chi connectivity index (χ3n) is 4.43. The summed E-state index contributed by atoms with van der Waals surface area (Å²) in [7, 11) is 3.20. The summed E-state index contributed by atoms with van der Waals surface area (Å²) in [4.78, 5) is 26.8. The van der Waals surface area contributed by atoms with Crippen molar-refractivity contribution >= 4 is 23.2 Å². The molecule has 2 amide bonds. The normalized spacial score (nSPS) is 13.8. The monoisotopic (exact) mass is 374 g/mol. The minimum absolute atomic E-state index is 0.000654. The maximum atomic E-state index is 12.2. The quantitative estimate of drug-likeness (QED) is 0.807. The first-order valence-corrected chi connectivity index (χ1v) is 9.31. The number of carbonyl (C=O) groups is 2. The Kier molecular flexibility index (Phi) is 5.78. The largest absolute Gasteiger partial charge is 0.493 e. The molecule has 0 aliphatic carbocycles. The number of hydrogen-bond acceptors (Lipinski definition) is 5. The van der Waals surface area contributed by atoms with Crippen molar-refractivity contribution in [2.75, 3.05) is 33.9 Å². The molecule has 1 aliphatic heterocycles. The molecule has 1 N–H and O–H groups in total. The molecule has 1 fully saturated rings. The van der Waals surface area contributed by atoms with Crippen molar-refractivity contribution in [3.8, 4) is 11.5 Å². The Bertz CT molecular complexity index is 770. The molecule has 1 aromatic carbocycles. The molecule has 0 atom stereocenters. The van der Waals surface area contributed by atoms with E-state index in [1.807, 2.05) is 35.7 Å². The van der Waals surface area contributed by atoms with Gasteiger partial charge in [0.25, 0.3) is 5.91 Å². The van der Waals surface area contributed by atoms with E-state index in [2.05, 4.69) is 5.32 Å². The Morgan fingerprint density at radius 1 is 1.19 bits per heavy atom. The molecule has 0 unspecified atom stereocenters. The van der Waals surface area contributed by atoms with Crippen molar-refractivity contribution in [3.05, 3.63) is 46.2 Å². The highest BCUT2D eigenvalue weighted by atomic mass is 32.1. The van der Waals surface area contributed by atoms with Crippen LogP contribution in [0.2, 0.25) is 0 Å². The molecule has 1 aromatic heterocycles. The number of thiophene rings is 1. The molecule has 2 heterocycles. The van der Waals surface area contributed by atoms with Gasteiger partial charge in [-0.3, -0.25) is 9.59 Å². The van der Waals surface area contributed by atoms with Gasteiger partial charge in [-0.05, 0) is 35.6 Å². The number of carbonyl (C=O) groups excluding carboxylic acids is 2. The number of ether oxygens (including phenoxy) is 2. The zero-order valence-corrected chi connectivity index (χ0v) is 15.7. The molecule has 0 spiro atoms. The van der Waals surface area contributed by atoms with Crippen LogP contribution in [0.1, 0.15) is 15.2 Å². The number of nitrogens with one attached hydrogen (secondary N) is 1. The van der Waals surface area contributed by atoms with E-state index in [1.54, 1.807) is 19.1 Å². The second kappa shape index (κ2) is 8.23. The predicted octanol–water partition coefficient (Wildman–Crippen LogP) is 2.20. The van der Waals surface area contributed by atoms with Crippen LogP contribution in [0, 0.1) is 5.92 Å². The lowest BCUT2D eigenvalue weighted by atomic mass is 9.98. The minimum Gasteiger partial charge on any atom is -0.493 e. The van der Waals surface area contributed by atoms with E-state index in [-0.39, 0.29) is 17.7 Å². The van der Waals surface area contributed by atoms with Crippen LogP contribution in [0.4, 0.5) is 0 Å². The molecule has 2 aromatic rings. The van der Waals surface area contributed by atoms with Crippen LogP contribution in [0.3, 0.4) is 0 Å². The van der Waals surface area contributed by atoms with Crippen LogP contribution in [0.25, 0.3) is 0 Å². The summed E-state index contributed by atoms with van der Waals surface area (Å²) < 4.78 is 10.5. The Hall–Kier alpha value is -2.54. The number of likely N-dealkylation sites (tertiary alicyclic amines) is 1. The fourth-order valence-corrected chi connectivity index (χ4v) is 3.57. The summed E-state index contributed by atoms with van der Waals surface area (Å²) in [5.41, 5.74) is 1.06. The molecule has 7 heteroatoms. The van der Waals surface area contributed by atoms with Gasteiger partial charge >= 0.3 is 0 Å². The van der Waals surface area contributed by atoms with E-state index in [4.69, 9.17) is 9.47 Å². The van der Waals surface area contributed by atoms with E-state index in [1.165, 1.54) is 11.3 Å². The molecule has 1 aliphatic rings. The van der Waals surface area contributed by atoms with Gasteiger partial charge in [-0.2, -0.15) is 0 Å². The number of benzene rings is 1. The van der Waals surface area contributed by atoms with E-state index >= 15 is 0 Å². The molecule has 0 bridgehead atoms. The lowest BCUT2D eigenvalue weighted by molar-refractivity contribution is -0.128. The summed E-state index contributed by atoms with van der Waals surface area (Å²) in [6, 6.07) is 9.39. The standard InChI is InChI=1S/C19H22N2O4S/c1-24-15-6-5-13(10-16(15)25-2)7-8-20-18(22)14-11-21(12-14)19(23)17-4-3-9-26-17/h3-6,9-10,14H,7-8,11-12H2,1-2H3,(H,20,22). The highest BCUT2D eigenvalue weighted by Gasteiger charge is 2.36.